The van der Waals surface area contributed by atoms with E-state index in [1.807, 2.05) is 19.9 Å². The lowest BCUT2D eigenvalue weighted by Crippen LogP contribution is -2.39. The summed E-state index contributed by atoms with van der Waals surface area (Å²) < 4.78 is 9.01. The van der Waals surface area contributed by atoms with Gasteiger partial charge >= 0.3 is 5.97 Å². The second-order valence-corrected chi connectivity index (χ2v) is 3.48. The highest BCUT2D eigenvalue weighted by Gasteiger charge is 2.22. The Morgan fingerprint density at radius 1 is 1.25 bits per heavy atom. The molecule has 0 spiro atoms. The summed E-state index contributed by atoms with van der Waals surface area (Å²) in [6, 6.07) is -1.22. The van der Waals surface area contributed by atoms with Crippen molar-refractivity contribution in [3.8, 4) is 0 Å². The number of Topliss-reactive ketones (excluding diaryl/α,β-unsaturated/α-hetero) is 1. The van der Waals surface area contributed by atoms with Crippen molar-refractivity contribution in [1.29, 1.82) is 0 Å². The van der Waals surface area contributed by atoms with E-state index in [1.165, 1.54) is 14.0 Å². The molecule has 0 saturated carbocycles. The first-order valence-corrected chi connectivity index (χ1v) is 6.59. The number of carbonyl (C=O) groups is 2. The molecule has 20 heavy (non-hydrogen) atoms. The van der Waals surface area contributed by atoms with Gasteiger partial charge in [0.15, 0.2) is 11.8 Å². The van der Waals surface area contributed by atoms with Crippen molar-refractivity contribution < 1.29 is 19.1 Å². The van der Waals surface area contributed by atoms with Crippen molar-refractivity contribution in [1.82, 2.24) is 0 Å². The Hall–Kier alpha value is -1.46. The monoisotopic (exact) mass is 287 g/mol. The summed E-state index contributed by atoms with van der Waals surface area (Å²) in [5, 5.41) is 0. The Morgan fingerprint density at radius 3 is 2.05 bits per heavy atom. The fourth-order valence-electron chi connectivity index (χ4n) is 0.830. The SMILES string of the molecule is C=C(C)C(=O)C(N)C(=O)OC.CC.CC/C=C/COC. The van der Waals surface area contributed by atoms with Crippen LogP contribution >= 0.6 is 0 Å². The first-order chi connectivity index (χ1) is 9.42. The lowest BCUT2D eigenvalue weighted by atomic mass is 10.1. The number of hydrogen-bond donors (Lipinski definition) is 1. The number of carbonyl (C=O) groups excluding carboxylic acids is 2. The van der Waals surface area contributed by atoms with E-state index in [0.29, 0.717) is 0 Å². The zero-order valence-electron chi connectivity index (χ0n) is 13.6. The highest BCUT2D eigenvalue weighted by atomic mass is 16.5. The summed E-state index contributed by atoms with van der Waals surface area (Å²) in [6.45, 7) is 11.7. The third-order valence-electron chi connectivity index (χ3n) is 1.82. The molecule has 2 N–H and O–H groups in total. The van der Waals surface area contributed by atoms with Crippen LogP contribution in [-0.4, -0.2) is 38.6 Å². The van der Waals surface area contributed by atoms with Crippen molar-refractivity contribution in [3.05, 3.63) is 24.3 Å². The molecule has 0 amide bonds. The molecule has 5 heteroatoms. The van der Waals surface area contributed by atoms with Crippen molar-refractivity contribution in [3.63, 3.8) is 0 Å². The second-order valence-electron chi connectivity index (χ2n) is 3.48. The summed E-state index contributed by atoms with van der Waals surface area (Å²) >= 11 is 0. The van der Waals surface area contributed by atoms with Gasteiger partial charge in [-0.3, -0.25) is 4.79 Å². The van der Waals surface area contributed by atoms with Crippen LogP contribution < -0.4 is 5.73 Å². The van der Waals surface area contributed by atoms with Gasteiger partial charge in [0.2, 0.25) is 0 Å². The molecule has 1 atom stereocenters. The molecule has 0 rings (SSSR count). The number of ketones is 1. The van der Waals surface area contributed by atoms with Crippen LogP contribution in [0.5, 0.6) is 0 Å². The molecular weight excluding hydrogens is 258 g/mol. The molecule has 0 aliphatic heterocycles. The Labute approximate surface area is 122 Å². The van der Waals surface area contributed by atoms with Crippen LogP contribution in [0.4, 0.5) is 0 Å². The zero-order valence-corrected chi connectivity index (χ0v) is 13.6. The standard InChI is InChI=1S/C7H11NO3.C6H12O.C2H6/c1-4(2)6(9)5(8)7(10)11-3;1-3-4-5-6-7-2;1-2/h5H,1,8H2,2-3H3;4-5H,3,6H2,1-2H3;1-2H3/b;5-4+;. The van der Waals surface area contributed by atoms with Gasteiger partial charge in [0.1, 0.15) is 0 Å². The average Bonchev–Trinajstić information content (AvgIpc) is 2.48. The molecular formula is C15H29NO4. The second kappa shape index (κ2) is 17.5. The van der Waals surface area contributed by atoms with Crippen LogP contribution in [-0.2, 0) is 19.1 Å². The number of methoxy groups -OCH3 is 2. The van der Waals surface area contributed by atoms with E-state index < -0.39 is 17.8 Å². The molecule has 0 aromatic rings. The number of allylic oxidation sites excluding steroid dienone is 1. The Kier molecular flexibility index (Phi) is 20.7. The van der Waals surface area contributed by atoms with Crippen LogP contribution in [0, 0.1) is 0 Å². The van der Waals surface area contributed by atoms with Crippen LogP contribution in [0.25, 0.3) is 0 Å². The van der Waals surface area contributed by atoms with Gasteiger partial charge in [0, 0.05) is 7.11 Å². The average molecular weight is 287 g/mol. The summed E-state index contributed by atoms with van der Waals surface area (Å²) in [7, 11) is 2.87. The van der Waals surface area contributed by atoms with Crippen LogP contribution in [0.15, 0.2) is 24.3 Å². The van der Waals surface area contributed by atoms with Crippen molar-refractivity contribution >= 4 is 11.8 Å². The van der Waals surface area contributed by atoms with Crippen LogP contribution in [0.1, 0.15) is 34.1 Å². The molecule has 0 aromatic heterocycles. The summed E-state index contributed by atoms with van der Waals surface area (Å²) in [6.07, 6.45) is 5.20. The molecule has 118 valence electrons. The predicted molar refractivity (Wildman–Crippen MR) is 82.5 cm³/mol. The maximum Gasteiger partial charge on any atom is 0.330 e. The minimum atomic E-state index is -1.22. The third-order valence-corrected chi connectivity index (χ3v) is 1.82. The number of ether oxygens (including phenoxy) is 2. The van der Waals surface area contributed by atoms with Gasteiger partial charge in [0.25, 0.3) is 0 Å². The number of hydrogen-bond acceptors (Lipinski definition) is 5. The van der Waals surface area contributed by atoms with Crippen LogP contribution in [0.3, 0.4) is 0 Å². The van der Waals surface area contributed by atoms with E-state index >= 15 is 0 Å². The minimum absolute atomic E-state index is 0.253. The zero-order chi connectivity index (χ0) is 16.6. The van der Waals surface area contributed by atoms with Gasteiger partial charge in [-0.1, -0.05) is 39.5 Å². The predicted octanol–water partition coefficient (Wildman–Crippen LogP) is 2.26. The molecule has 5 nitrogen and oxygen atoms in total. The largest absolute Gasteiger partial charge is 0.468 e. The molecule has 0 bridgehead atoms. The highest BCUT2D eigenvalue weighted by Crippen LogP contribution is 1.95. The molecule has 0 heterocycles. The van der Waals surface area contributed by atoms with E-state index in [9.17, 15) is 9.59 Å². The quantitative estimate of drug-likeness (QED) is 0.351. The first kappa shape index (κ1) is 23.6. The maximum absolute atomic E-state index is 10.9. The van der Waals surface area contributed by atoms with E-state index in [2.05, 4.69) is 24.3 Å². The van der Waals surface area contributed by atoms with E-state index in [1.54, 1.807) is 7.11 Å². The fourth-order valence-corrected chi connectivity index (χ4v) is 0.830. The van der Waals surface area contributed by atoms with Crippen molar-refractivity contribution in [2.75, 3.05) is 20.8 Å². The number of rotatable bonds is 6. The number of esters is 1. The summed E-state index contributed by atoms with van der Waals surface area (Å²) in [5.74, 6) is -1.23. The van der Waals surface area contributed by atoms with E-state index in [4.69, 9.17) is 10.5 Å². The first-order valence-electron chi connectivity index (χ1n) is 6.59. The fraction of sp³-hybridized carbons (Fsp3) is 0.600. The van der Waals surface area contributed by atoms with E-state index in [0.717, 1.165) is 13.0 Å². The van der Waals surface area contributed by atoms with Gasteiger partial charge in [-0.05, 0) is 18.9 Å². The van der Waals surface area contributed by atoms with Gasteiger partial charge in [-0.25, -0.2) is 4.79 Å². The molecule has 0 radical (unpaired) electrons. The Bertz CT molecular complexity index is 298. The highest BCUT2D eigenvalue weighted by molar-refractivity contribution is 6.10. The Morgan fingerprint density at radius 2 is 1.75 bits per heavy atom. The minimum Gasteiger partial charge on any atom is -0.468 e. The molecule has 0 aliphatic carbocycles. The molecule has 0 saturated heterocycles. The van der Waals surface area contributed by atoms with Crippen molar-refractivity contribution in [2.45, 2.75) is 40.2 Å². The van der Waals surface area contributed by atoms with Gasteiger partial charge in [0.05, 0.1) is 13.7 Å². The lowest BCUT2D eigenvalue weighted by Gasteiger charge is -2.06. The maximum atomic E-state index is 10.9. The molecule has 1 unspecified atom stereocenters. The molecule has 0 aliphatic rings. The smallest absolute Gasteiger partial charge is 0.330 e. The van der Waals surface area contributed by atoms with Gasteiger partial charge in [-0.15, -0.1) is 0 Å². The third kappa shape index (κ3) is 14.6. The molecule has 0 aromatic carbocycles. The summed E-state index contributed by atoms with van der Waals surface area (Å²) in [5.41, 5.74) is 5.44. The lowest BCUT2D eigenvalue weighted by molar-refractivity contribution is -0.144. The Balaban J connectivity index is -0.000000277. The molecule has 0 fully saturated rings. The van der Waals surface area contributed by atoms with E-state index in [-0.39, 0.29) is 5.57 Å². The van der Waals surface area contributed by atoms with Crippen molar-refractivity contribution in [2.24, 2.45) is 5.73 Å². The summed E-state index contributed by atoms with van der Waals surface area (Å²) in [4.78, 5) is 21.6. The topological polar surface area (TPSA) is 78.6 Å². The normalized spacial score (nSPS) is 10.6. The van der Waals surface area contributed by atoms with Gasteiger partial charge < -0.3 is 15.2 Å². The van der Waals surface area contributed by atoms with Gasteiger partial charge in [-0.2, -0.15) is 0 Å². The van der Waals surface area contributed by atoms with Crippen LogP contribution in [0.2, 0.25) is 0 Å². The number of nitrogens with two attached hydrogens (primary N) is 1.